The molecule has 1 N–H and O–H groups in total. The Morgan fingerprint density at radius 3 is 2.75 bits per heavy atom. The monoisotopic (exact) mass is 328 g/mol. The molecule has 1 fully saturated rings. The van der Waals surface area contributed by atoms with Crippen molar-refractivity contribution in [1.29, 1.82) is 0 Å². The second-order valence-electron chi connectivity index (χ2n) is 6.36. The number of carbonyl (C=O) groups is 1. The normalized spacial score (nSPS) is 16.3. The number of aromatic nitrogens is 1. The van der Waals surface area contributed by atoms with Gasteiger partial charge in [-0.2, -0.15) is 0 Å². The van der Waals surface area contributed by atoms with E-state index in [1.165, 1.54) is 6.20 Å². The predicted octanol–water partition coefficient (Wildman–Crippen LogP) is 3.45. The molecule has 1 saturated carbocycles. The highest BCUT2D eigenvalue weighted by Gasteiger charge is 2.51. The van der Waals surface area contributed by atoms with E-state index in [-0.39, 0.29) is 5.91 Å². The van der Waals surface area contributed by atoms with Gasteiger partial charge in [0.15, 0.2) is 0 Å². The smallest absolute Gasteiger partial charge is 0.231 e. The molecule has 1 aliphatic carbocycles. The molecule has 0 radical (unpaired) electrons. The lowest BCUT2D eigenvalue weighted by Gasteiger charge is -2.21. The van der Waals surface area contributed by atoms with E-state index in [0.29, 0.717) is 5.56 Å². The third-order valence-electron chi connectivity index (χ3n) is 4.76. The standard InChI is InChI=1S/C19H21FN2O2/c1-12-4-5-14(10-17(12)24-3)19(7-8-19)18(23)22-13(2)15-6-9-21-11-16(15)20/h4-6,9-11,13H,7-8H2,1-3H3,(H,22,23). The number of nitrogens with one attached hydrogen (secondary N) is 1. The molecule has 126 valence electrons. The van der Waals surface area contributed by atoms with Crippen molar-refractivity contribution in [3.05, 3.63) is 59.2 Å². The molecule has 0 aliphatic heterocycles. The van der Waals surface area contributed by atoms with Gasteiger partial charge in [0.1, 0.15) is 11.6 Å². The van der Waals surface area contributed by atoms with Crippen LogP contribution in [0.2, 0.25) is 0 Å². The number of pyridine rings is 1. The molecule has 24 heavy (non-hydrogen) atoms. The van der Waals surface area contributed by atoms with Gasteiger partial charge in [0, 0.05) is 11.8 Å². The van der Waals surface area contributed by atoms with Crippen LogP contribution in [-0.2, 0) is 10.2 Å². The number of rotatable bonds is 5. The lowest BCUT2D eigenvalue weighted by Crippen LogP contribution is -2.36. The summed E-state index contributed by atoms with van der Waals surface area (Å²) < 4.78 is 19.2. The molecule has 0 saturated heterocycles. The molecule has 1 aromatic carbocycles. The number of aryl methyl sites for hydroxylation is 1. The zero-order valence-electron chi connectivity index (χ0n) is 14.1. The molecule has 5 heteroatoms. The van der Waals surface area contributed by atoms with Crippen LogP contribution in [0.15, 0.2) is 36.7 Å². The highest BCUT2D eigenvalue weighted by atomic mass is 19.1. The first kappa shape index (κ1) is 16.4. The number of hydrogen-bond acceptors (Lipinski definition) is 3. The quantitative estimate of drug-likeness (QED) is 0.914. The summed E-state index contributed by atoms with van der Waals surface area (Å²) in [5, 5.41) is 2.94. The lowest BCUT2D eigenvalue weighted by molar-refractivity contribution is -0.124. The summed E-state index contributed by atoms with van der Waals surface area (Å²) >= 11 is 0. The van der Waals surface area contributed by atoms with Crippen LogP contribution in [0.4, 0.5) is 4.39 Å². The lowest BCUT2D eigenvalue weighted by atomic mass is 9.93. The van der Waals surface area contributed by atoms with Gasteiger partial charge in [-0.15, -0.1) is 0 Å². The minimum atomic E-state index is -0.529. The van der Waals surface area contributed by atoms with Gasteiger partial charge < -0.3 is 10.1 Å². The third kappa shape index (κ3) is 2.86. The van der Waals surface area contributed by atoms with Crippen molar-refractivity contribution >= 4 is 5.91 Å². The Morgan fingerprint density at radius 2 is 2.12 bits per heavy atom. The van der Waals surface area contributed by atoms with Crippen LogP contribution < -0.4 is 10.1 Å². The van der Waals surface area contributed by atoms with E-state index >= 15 is 0 Å². The summed E-state index contributed by atoms with van der Waals surface area (Å²) in [6, 6.07) is 7.05. The Hall–Kier alpha value is -2.43. The molecule has 1 atom stereocenters. The molecule has 1 amide bonds. The topological polar surface area (TPSA) is 51.2 Å². The van der Waals surface area contributed by atoms with E-state index in [4.69, 9.17) is 4.74 Å². The van der Waals surface area contributed by atoms with Gasteiger partial charge in [0.05, 0.1) is 24.8 Å². The number of nitrogens with zero attached hydrogens (tertiary/aromatic N) is 1. The number of hydrogen-bond donors (Lipinski definition) is 1. The minimum absolute atomic E-state index is 0.0721. The van der Waals surface area contributed by atoms with Gasteiger partial charge in [0.25, 0.3) is 0 Å². The van der Waals surface area contributed by atoms with Crippen molar-refractivity contribution < 1.29 is 13.9 Å². The fraction of sp³-hybridized carbons (Fsp3) is 0.368. The van der Waals surface area contributed by atoms with Gasteiger partial charge in [-0.3, -0.25) is 9.78 Å². The number of methoxy groups -OCH3 is 1. The Bertz CT molecular complexity index is 772. The molecular formula is C19H21FN2O2. The van der Waals surface area contributed by atoms with Crippen LogP contribution in [-0.4, -0.2) is 18.0 Å². The predicted molar refractivity (Wildman–Crippen MR) is 89.4 cm³/mol. The van der Waals surface area contributed by atoms with Crippen molar-refractivity contribution in [3.8, 4) is 5.75 Å². The Kier molecular flexibility index (Phi) is 4.26. The summed E-state index contributed by atoms with van der Waals surface area (Å²) in [6.45, 7) is 3.75. The van der Waals surface area contributed by atoms with Gasteiger partial charge in [0.2, 0.25) is 5.91 Å². The number of ether oxygens (including phenoxy) is 1. The Morgan fingerprint density at radius 1 is 1.38 bits per heavy atom. The fourth-order valence-electron chi connectivity index (χ4n) is 3.04. The minimum Gasteiger partial charge on any atom is -0.496 e. The van der Waals surface area contributed by atoms with E-state index in [1.54, 1.807) is 20.1 Å². The third-order valence-corrected chi connectivity index (χ3v) is 4.76. The SMILES string of the molecule is COc1cc(C2(C(=O)NC(C)c3ccncc3F)CC2)ccc1C. The number of carbonyl (C=O) groups excluding carboxylic acids is 1. The van der Waals surface area contributed by atoms with Crippen molar-refractivity contribution in [2.75, 3.05) is 7.11 Å². The largest absolute Gasteiger partial charge is 0.496 e. The molecule has 1 aliphatic rings. The second kappa shape index (κ2) is 6.23. The summed E-state index contributed by atoms with van der Waals surface area (Å²) in [5.41, 5.74) is 1.89. The fourth-order valence-corrected chi connectivity index (χ4v) is 3.04. The second-order valence-corrected chi connectivity index (χ2v) is 6.36. The van der Waals surface area contributed by atoms with Gasteiger partial charge in [-0.05, 0) is 49.9 Å². The molecular weight excluding hydrogens is 307 g/mol. The average Bonchev–Trinajstić information content (AvgIpc) is 3.37. The Balaban J connectivity index is 1.81. The maximum atomic E-state index is 13.8. The molecule has 1 aromatic heterocycles. The van der Waals surface area contributed by atoms with Crippen LogP contribution in [0.5, 0.6) is 5.75 Å². The first-order chi connectivity index (χ1) is 11.5. The van der Waals surface area contributed by atoms with Crippen molar-refractivity contribution in [2.45, 2.75) is 38.1 Å². The first-order valence-electron chi connectivity index (χ1n) is 8.03. The van der Waals surface area contributed by atoms with E-state index in [1.807, 2.05) is 25.1 Å². The highest BCUT2D eigenvalue weighted by Crippen LogP contribution is 2.49. The van der Waals surface area contributed by atoms with E-state index in [2.05, 4.69) is 10.3 Å². The molecule has 0 spiro atoms. The maximum Gasteiger partial charge on any atom is 0.231 e. The molecule has 0 bridgehead atoms. The van der Waals surface area contributed by atoms with Crippen LogP contribution in [0.3, 0.4) is 0 Å². The summed E-state index contributed by atoms with van der Waals surface area (Å²) in [6.07, 6.45) is 4.27. The number of amides is 1. The number of benzene rings is 1. The first-order valence-corrected chi connectivity index (χ1v) is 8.03. The zero-order valence-corrected chi connectivity index (χ0v) is 14.1. The van der Waals surface area contributed by atoms with Crippen molar-refractivity contribution in [3.63, 3.8) is 0 Å². The van der Waals surface area contributed by atoms with Gasteiger partial charge in [-0.25, -0.2) is 4.39 Å². The molecule has 3 rings (SSSR count). The summed E-state index contributed by atoms with van der Waals surface area (Å²) in [7, 11) is 1.63. The molecule has 2 aromatic rings. The van der Waals surface area contributed by atoms with E-state index in [0.717, 1.165) is 35.9 Å². The van der Waals surface area contributed by atoms with Crippen LogP contribution in [0.1, 0.15) is 42.5 Å². The van der Waals surface area contributed by atoms with E-state index < -0.39 is 17.3 Å². The molecule has 1 heterocycles. The highest BCUT2D eigenvalue weighted by molar-refractivity contribution is 5.91. The summed E-state index contributed by atoms with van der Waals surface area (Å²) in [4.78, 5) is 16.6. The van der Waals surface area contributed by atoms with Crippen LogP contribution >= 0.6 is 0 Å². The van der Waals surface area contributed by atoms with Gasteiger partial charge >= 0.3 is 0 Å². The summed E-state index contributed by atoms with van der Waals surface area (Å²) in [5.74, 6) is 0.295. The molecule has 1 unspecified atom stereocenters. The number of halogens is 1. The van der Waals surface area contributed by atoms with Crippen LogP contribution in [0, 0.1) is 12.7 Å². The average molecular weight is 328 g/mol. The van der Waals surface area contributed by atoms with Crippen molar-refractivity contribution in [2.24, 2.45) is 0 Å². The van der Waals surface area contributed by atoms with Crippen LogP contribution in [0.25, 0.3) is 0 Å². The molecule has 4 nitrogen and oxygen atoms in total. The van der Waals surface area contributed by atoms with Crippen molar-refractivity contribution in [1.82, 2.24) is 10.3 Å². The Labute approximate surface area is 141 Å². The zero-order chi connectivity index (χ0) is 17.3. The maximum absolute atomic E-state index is 13.8. The van der Waals surface area contributed by atoms with E-state index in [9.17, 15) is 9.18 Å². The van der Waals surface area contributed by atoms with Gasteiger partial charge in [-0.1, -0.05) is 12.1 Å².